The smallest absolute Gasteiger partial charge is 0.332 e. The van der Waals surface area contributed by atoms with Crippen molar-refractivity contribution < 1.29 is 9.50 Å². The van der Waals surface area contributed by atoms with Gasteiger partial charge in [0.25, 0.3) is 11.1 Å². The first-order valence-electron chi connectivity index (χ1n) is 10.0. The molecule has 0 aliphatic heterocycles. The molecule has 2 aromatic carbocycles. The van der Waals surface area contributed by atoms with E-state index >= 15 is 0 Å². The summed E-state index contributed by atoms with van der Waals surface area (Å²) >= 11 is 0. The average Bonchev–Trinajstić information content (AvgIpc) is 3.22. The van der Waals surface area contributed by atoms with E-state index in [-0.39, 0.29) is 29.0 Å². The normalized spacial score (nSPS) is 11.5. The van der Waals surface area contributed by atoms with E-state index in [1.54, 1.807) is 30.3 Å². The van der Waals surface area contributed by atoms with Crippen molar-refractivity contribution in [3.63, 3.8) is 0 Å². The molecule has 5 aromatic rings. The van der Waals surface area contributed by atoms with Gasteiger partial charge in [-0.1, -0.05) is 42.5 Å². The summed E-state index contributed by atoms with van der Waals surface area (Å²) in [5.74, 6) is -0.901. The van der Waals surface area contributed by atoms with Crippen molar-refractivity contribution in [1.82, 2.24) is 23.1 Å². The molecule has 33 heavy (non-hydrogen) atoms. The molecule has 0 saturated carbocycles. The molecule has 9 nitrogen and oxygen atoms in total. The highest BCUT2D eigenvalue weighted by molar-refractivity contribution is 5.79. The minimum absolute atomic E-state index is 0.000308. The van der Waals surface area contributed by atoms with Gasteiger partial charge in [0.05, 0.1) is 6.54 Å². The first-order chi connectivity index (χ1) is 15.8. The van der Waals surface area contributed by atoms with Crippen molar-refractivity contribution in [2.75, 3.05) is 0 Å². The van der Waals surface area contributed by atoms with Crippen LogP contribution < -0.4 is 16.8 Å². The van der Waals surface area contributed by atoms with Gasteiger partial charge in [-0.3, -0.25) is 23.3 Å². The summed E-state index contributed by atoms with van der Waals surface area (Å²) in [6.45, 7) is 0.000308. The topological polar surface area (TPSA) is 104 Å². The number of rotatable bonds is 3. The lowest BCUT2D eigenvalue weighted by molar-refractivity contribution is 0.445. The number of fused-ring (bicyclic) bond motifs is 3. The summed E-state index contributed by atoms with van der Waals surface area (Å²) in [4.78, 5) is 43.4. The van der Waals surface area contributed by atoms with Crippen molar-refractivity contribution in [3.05, 3.63) is 97.2 Å². The van der Waals surface area contributed by atoms with E-state index in [0.29, 0.717) is 11.1 Å². The third kappa shape index (κ3) is 2.99. The first-order valence-corrected chi connectivity index (χ1v) is 10.0. The fourth-order valence-corrected chi connectivity index (χ4v) is 3.97. The lowest BCUT2D eigenvalue weighted by Gasteiger charge is -2.13. The van der Waals surface area contributed by atoms with Crippen LogP contribution in [0.25, 0.3) is 28.1 Å². The number of aromatic hydroxyl groups is 1. The Bertz CT molecular complexity index is 1730. The highest BCUT2D eigenvalue weighted by Crippen LogP contribution is 2.29. The molecule has 0 saturated heterocycles. The van der Waals surface area contributed by atoms with Crippen LogP contribution in [-0.2, 0) is 20.6 Å². The summed E-state index contributed by atoms with van der Waals surface area (Å²) in [5.41, 5.74) is -0.800. The number of benzene rings is 2. The van der Waals surface area contributed by atoms with E-state index in [0.717, 1.165) is 4.57 Å². The Morgan fingerprint density at radius 2 is 1.58 bits per heavy atom. The largest absolute Gasteiger partial charge is 0.494 e. The number of aromatic nitrogens is 5. The molecule has 0 unspecified atom stereocenters. The first kappa shape index (κ1) is 20.4. The van der Waals surface area contributed by atoms with Gasteiger partial charge in [-0.25, -0.2) is 13.6 Å². The molecule has 0 amide bonds. The van der Waals surface area contributed by atoms with Gasteiger partial charge >= 0.3 is 5.69 Å². The predicted octanol–water partition coefficient (Wildman–Crippen LogP) is 1.61. The monoisotopic (exact) mass is 447 g/mol. The fourth-order valence-electron chi connectivity index (χ4n) is 3.97. The minimum atomic E-state index is -0.665. The SMILES string of the molecule is Cn1c(=O)c2c(nc3n(Cc4ccc(F)cc4)c(=O)c(-c4ccccc4)c(O)n23)n(C)c1=O. The summed E-state index contributed by atoms with van der Waals surface area (Å²) in [6.07, 6.45) is 0. The van der Waals surface area contributed by atoms with Crippen LogP contribution in [-0.4, -0.2) is 28.2 Å². The number of imidazole rings is 1. The second kappa shape index (κ2) is 7.30. The molecule has 0 aliphatic rings. The van der Waals surface area contributed by atoms with Gasteiger partial charge in [0.2, 0.25) is 11.7 Å². The third-order valence-corrected chi connectivity index (χ3v) is 5.69. The Labute approximate surface area is 184 Å². The minimum Gasteiger partial charge on any atom is -0.494 e. The molecule has 3 aromatic heterocycles. The van der Waals surface area contributed by atoms with Crippen molar-refractivity contribution in [2.24, 2.45) is 14.1 Å². The quantitative estimate of drug-likeness (QED) is 0.453. The number of nitrogens with zero attached hydrogens (tertiary/aromatic N) is 5. The molecule has 0 atom stereocenters. The van der Waals surface area contributed by atoms with Crippen LogP contribution in [0, 0.1) is 5.82 Å². The molecule has 0 fully saturated rings. The summed E-state index contributed by atoms with van der Waals surface area (Å²) < 4.78 is 18.0. The van der Waals surface area contributed by atoms with Crippen LogP contribution in [0.3, 0.4) is 0 Å². The van der Waals surface area contributed by atoms with E-state index in [4.69, 9.17) is 0 Å². The predicted molar refractivity (Wildman–Crippen MR) is 120 cm³/mol. The zero-order chi connectivity index (χ0) is 23.4. The molecular formula is C23H18FN5O4. The van der Waals surface area contributed by atoms with Crippen molar-refractivity contribution >= 4 is 16.9 Å². The lowest BCUT2D eigenvalue weighted by Crippen LogP contribution is -2.37. The van der Waals surface area contributed by atoms with Gasteiger partial charge in [0.1, 0.15) is 11.4 Å². The second-order valence-electron chi connectivity index (χ2n) is 7.71. The molecule has 166 valence electrons. The zero-order valence-corrected chi connectivity index (χ0v) is 17.7. The van der Waals surface area contributed by atoms with Gasteiger partial charge in [-0.05, 0) is 23.3 Å². The highest BCUT2D eigenvalue weighted by Gasteiger charge is 2.25. The molecule has 0 bridgehead atoms. The molecule has 0 spiro atoms. The molecule has 10 heteroatoms. The summed E-state index contributed by atoms with van der Waals surface area (Å²) in [7, 11) is 2.78. The maximum Gasteiger partial charge on any atom is 0.332 e. The average molecular weight is 447 g/mol. The van der Waals surface area contributed by atoms with Gasteiger partial charge in [0.15, 0.2) is 11.2 Å². The van der Waals surface area contributed by atoms with Gasteiger partial charge in [0, 0.05) is 14.1 Å². The third-order valence-electron chi connectivity index (χ3n) is 5.69. The van der Waals surface area contributed by atoms with Gasteiger partial charge in [-0.2, -0.15) is 4.98 Å². The van der Waals surface area contributed by atoms with E-state index in [1.165, 1.54) is 51.9 Å². The van der Waals surface area contributed by atoms with E-state index < -0.39 is 28.5 Å². The molecule has 3 heterocycles. The fraction of sp³-hybridized carbons (Fsp3) is 0.130. The number of aryl methyl sites for hydroxylation is 1. The molecular weight excluding hydrogens is 429 g/mol. The van der Waals surface area contributed by atoms with Crippen LogP contribution in [0.5, 0.6) is 5.88 Å². The summed E-state index contributed by atoms with van der Waals surface area (Å²) in [5, 5.41) is 11.2. The van der Waals surface area contributed by atoms with Gasteiger partial charge in [-0.15, -0.1) is 0 Å². The van der Waals surface area contributed by atoms with Gasteiger partial charge < -0.3 is 5.11 Å². The maximum atomic E-state index is 13.6. The summed E-state index contributed by atoms with van der Waals surface area (Å²) in [6, 6.07) is 14.2. The molecule has 5 rings (SSSR count). The lowest BCUT2D eigenvalue weighted by atomic mass is 10.1. The molecule has 0 radical (unpaired) electrons. The Balaban J connectivity index is 1.98. The van der Waals surface area contributed by atoms with Crippen molar-refractivity contribution in [2.45, 2.75) is 6.54 Å². The molecule has 1 N–H and O–H groups in total. The van der Waals surface area contributed by atoms with E-state index in [9.17, 15) is 23.9 Å². The van der Waals surface area contributed by atoms with Crippen LogP contribution in [0.15, 0.2) is 69.0 Å². The Kier molecular flexibility index (Phi) is 4.52. The number of halogens is 1. The maximum absolute atomic E-state index is 13.6. The van der Waals surface area contributed by atoms with Crippen LogP contribution in [0.1, 0.15) is 5.56 Å². The zero-order valence-electron chi connectivity index (χ0n) is 17.7. The standard InChI is InChI=1S/C23H18FN5O4/c1-26-18-17(21(32)27(2)23(26)33)29-20(31)16(14-6-4-3-5-7-14)19(30)28(22(29)25-18)12-13-8-10-15(24)11-9-13/h3-11,31H,12H2,1-2H3. The Morgan fingerprint density at radius 3 is 2.24 bits per heavy atom. The van der Waals surface area contributed by atoms with Crippen molar-refractivity contribution in [1.29, 1.82) is 0 Å². The second-order valence-corrected chi connectivity index (χ2v) is 7.71. The number of hydrogen-bond acceptors (Lipinski definition) is 5. The Morgan fingerprint density at radius 1 is 0.909 bits per heavy atom. The Hall–Kier alpha value is -4.47. The highest BCUT2D eigenvalue weighted by atomic mass is 19.1. The van der Waals surface area contributed by atoms with Crippen molar-refractivity contribution in [3.8, 4) is 17.0 Å². The van der Waals surface area contributed by atoms with Crippen LogP contribution in [0.2, 0.25) is 0 Å². The van der Waals surface area contributed by atoms with Crippen LogP contribution >= 0.6 is 0 Å². The van der Waals surface area contributed by atoms with Crippen LogP contribution in [0.4, 0.5) is 4.39 Å². The number of hydrogen-bond donors (Lipinski definition) is 1. The molecule has 0 aliphatic carbocycles. The van der Waals surface area contributed by atoms with E-state index in [1.807, 2.05) is 0 Å². The van der Waals surface area contributed by atoms with E-state index in [2.05, 4.69) is 4.98 Å².